The number of nitrogens with one attached hydrogen (secondary N) is 1. The summed E-state index contributed by atoms with van der Waals surface area (Å²) >= 11 is 6.04. The van der Waals surface area contributed by atoms with Gasteiger partial charge >= 0.3 is 12.0 Å². The van der Waals surface area contributed by atoms with Crippen LogP contribution in [0.3, 0.4) is 0 Å². The molecule has 0 aliphatic carbocycles. The maximum absolute atomic E-state index is 13.2. The molecular weight excluding hydrogens is 365 g/mol. The normalized spacial score (nSPS) is 18.7. The number of aliphatic carboxylic acids is 1. The summed E-state index contributed by atoms with van der Waals surface area (Å²) in [4.78, 5) is 26.5. The number of nitrogens with zero attached hydrogens (tertiary/aromatic N) is 2. The number of benzene rings is 1. The van der Waals surface area contributed by atoms with Gasteiger partial charge in [-0.2, -0.15) is 0 Å². The van der Waals surface area contributed by atoms with Crippen LogP contribution < -0.4 is 5.32 Å². The lowest BCUT2D eigenvalue weighted by atomic mass is 10.1. The molecule has 1 aliphatic rings. The molecule has 2 rings (SSSR count). The fraction of sp³-hybridized carbons (Fsp3) is 0.529. The van der Waals surface area contributed by atoms with Crippen LogP contribution >= 0.6 is 11.6 Å². The molecule has 2 N–H and O–H groups in total. The Hall–Kier alpha value is -1.90. The Kier molecular flexibility index (Phi) is 7.19. The van der Waals surface area contributed by atoms with Crippen molar-refractivity contribution in [3.05, 3.63) is 34.6 Å². The van der Waals surface area contributed by atoms with Gasteiger partial charge in [0, 0.05) is 24.7 Å². The zero-order chi connectivity index (χ0) is 19.3. The minimum Gasteiger partial charge on any atom is -0.480 e. The van der Waals surface area contributed by atoms with Crippen LogP contribution in [0.1, 0.15) is 18.5 Å². The van der Waals surface area contributed by atoms with Crippen molar-refractivity contribution in [2.45, 2.75) is 19.1 Å². The number of carboxylic acids is 1. The number of halogens is 2. The zero-order valence-electron chi connectivity index (χ0n) is 14.7. The Labute approximate surface area is 156 Å². The number of amides is 2. The molecule has 7 nitrogen and oxygen atoms in total. The third kappa shape index (κ3) is 5.82. The summed E-state index contributed by atoms with van der Waals surface area (Å²) in [5.74, 6) is -1.35. The van der Waals surface area contributed by atoms with Gasteiger partial charge in [0.25, 0.3) is 0 Å². The van der Waals surface area contributed by atoms with Gasteiger partial charge in [0.2, 0.25) is 0 Å². The lowest BCUT2D eigenvalue weighted by molar-refractivity contribution is -0.138. The Bertz CT molecular complexity index is 661. The van der Waals surface area contributed by atoms with Gasteiger partial charge in [-0.3, -0.25) is 9.69 Å². The lowest BCUT2D eigenvalue weighted by Crippen LogP contribution is -2.52. The average molecular weight is 388 g/mol. The number of carboxylic acid groups (broad SMARTS) is 1. The predicted molar refractivity (Wildman–Crippen MR) is 94.8 cm³/mol. The number of carbonyl (C=O) groups is 2. The quantitative estimate of drug-likeness (QED) is 0.779. The van der Waals surface area contributed by atoms with E-state index in [1.165, 1.54) is 12.1 Å². The molecule has 2 atom stereocenters. The number of hydrogen-bond donors (Lipinski definition) is 2. The molecule has 1 unspecified atom stereocenters. The van der Waals surface area contributed by atoms with Gasteiger partial charge in [0.05, 0.1) is 25.3 Å². The van der Waals surface area contributed by atoms with E-state index >= 15 is 0 Å². The summed E-state index contributed by atoms with van der Waals surface area (Å²) in [6.07, 6.45) is -0.261. The highest BCUT2D eigenvalue weighted by Crippen LogP contribution is 2.24. The largest absolute Gasteiger partial charge is 0.480 e. The van der Waals surface area contributed by atoms with Gasteiger partial charge in [-0.25, -0.2) is 9.18 Å². The molecule has 1 aromatic rings. The second kappa shape index (κ2) is 9.16. The first kappa shape index (κ1) is 20.4. The molecular formula is C17H23ClFN3O4. The Morgan fingerprint density at radius 2 is 2.27 bits per heavy atom. The van der Waals surface area contributed by atoms with Gasteiger partial charge in [0.1, 0.15) is 5.82 Å². The fourth-order valence-corrected chi connectivity index (χ4v) is 3.20. The van der Waals surface area contributed by atoms with E-state index in [1.54, 1.807) is 29.8 Å². The average Bonchev–Trinajstić information content (AvgIpc) is 2.53. The van der Waals surface area contributed by atoms with Crippen LogP contribution in [0.5, 0.6) is 0 Å². The Morgan fingerprint density at radius 3 is 2.92 bits per heavy atom. The van der Waals surface area contributed by atoms with Crippen molar-refractivity contribution in [2.24, 2.45) is 0 Å². The van der Waals surface area contributed by atoms with Crippen molar-refractivity contribution in [3.63, 3.8) is 0 Å². The van der Waals surface area contributed by atoms with Crippen LogP contribution in [0.25, 0.3) is 0 Å². The van der Waals surface area contributed by atoms with E-state index in [0.29, 0.717) is 31.8 Å². The van der Waals surface area contributed by atoms with Crippen LogP contribution in [0.2, 0.25) is 5.02 Å². The summed E-state index contributed by atoms with van der Waals surface area (Å²) in [6, 6.07) is 3.40. The second-order valence-corrected chi connectivity index (χ2v) is 6.77. The number of ether oxygens (including phenoxy) is 1. The van der Waals surface area contributed by atoms with Crippen molar-refractivity contribution in [2.75, 3.05) is 39.8 Å². The Morgan fingerprint density at radius 1 is 1.54 bits per heavy atom. The minimum atomic E-state index is -0.914. The van der Waals surface area contributed by atoms with Crippen LogP contribution in [0.4, 0.5) is 9.18 Å². The van der Waals surface area contributed by atoms with Gasteiger partial charge in [-0.15, -0.1) is 0 Å². The predicted octanol–water partition coefficient (Wildman–Crippen LogP) is 1.97. The monoisotopic (exact) mass is 387 g/mol. The van der Waals surface area contributed by atoms with Crippen LogP contribution in [-0.2, 0) is 9.53 Å². The van der Waals surface area contributed by atoms with Gasteiger partial charge in [0.15, 0.2) is 0 Å². The summed E-state index contributed by atoms with van der Waals surface area (Å²) in [6.45, 7) is 3.27. The van der Waals surface area contributed by atoms with Crippen molar-refractivity contribution < 1.29 is 23.8 Å². The molecule has 9 heteroatoms. The van der Waals surface area contributed by atoms with Crippen molar-refractivity contribution in [1.82, 2.24) is 15.1 Å². The smallest absolute Gasteiger partial charge is 0.318 e. The molecule has 1 aromatic carbocycles. The first-order valence-corrected chi connectivity index (χ1v) is 8.66. The Balaban J connectivity index is 1.91. The van der Waals surface area contributed by atoms with E-state index in [-0.39, 0.29) is 29.7 Å². The molecule has 1 fully saturated rings. The number of rotatable bonds is 6. The molecule has 0 aromatic heterocycles. The van der Waals surface area contributed by atoms with Crippen LogP contribution in [-0.4, -0.2) is 72.8 Å². The van der Waals surface area contributed by atoms with E-state index in [1.807, 2.05) is 0 Å². The summed E-state index contributed by atoms with van der Waals surface area (Å²) in [7, 11) is 1.69. The van der Waals surface area contributed by atoms with Gasteiger partial charge < -0.3 is 20.1 Å². The van der Waals surface area contributed by atoms with Crippen LogP contribution in [0.15, 0.2) is 18.2 Å². The molecule has 1 saturated heterocycles. The van der Waals surface area contributed by atoms with E-state index in [0.717, 1.165) is 0 Å². The number of carbonyl (C=O) groups excluding carboxylic acids is 1. The van der Waals surface area contributed by atoms with Gasteiger partial charge in [-0.1, -0.05) is 17.7 Å². The number of likely N-dealkylation sites (N-methyl/N-ethyl adjacent to an activating group) is 1. The maximum Gasteiger partial charge on any atom is 0.318 e. The van der Waals surface area contributed by atoms with Gasteiger partial charge in [-0.05, 0) is 31.7 Å². The topological polar surface area (TPSA) is 82.1 Å². The first-order chi connectivity index (χ1) is 12.3. The first-order valence-electron chi connectivity index (χ1n) is 8.28. The van der Waals surface area contributed by atoms with Crippen LogP contribution in [0, 0.1) is 5.82 Å². The summed E-state index contributed by atoms with van der Waals surface area (Å²) < 4.78 is 18.8. The molecule has 0 radical (unpaired) electrons. The van der Waals surface area contributed by atoms with E-state index in [2.05, 4.69) is 5.32 Å². The standard InChI is InChI=1S/C17H23ClFN3O4/c1-11(14-4-3-12(19)7-15(14)18)20-17(25)22-5-6-26-13(9-22)8-21(2)10-16(23)24/h3-4,7,11,13H,5-6,8-10H2,1-2H3,(H,20,25)(H,23,24)/t11-,13?/m1/s1. The lowest BCUT2D eigenvalue weighted by Gasteiger charge is -2.35. The molecule has 0 saturated carbocycles. The summed E-state index contributed by atoms with van der Waals surface area (Å²) in [5, 5.41) is 11.9. The fourth-order valence-electron chi connectivity index (χ4n) is 2.86. The highest BCUT2D eigenvalue weighted by Gasteiger charge is 2.26. The van der Waals surface area contributed by atoms with Crippen molar-refractivity contribution in [3.8, 4) is 0 Å². The molecule has 144 valence electrons. The maximum atomic E-state index is 13.2. The van der Waals surface area contributed by atoms with E-state index in [4.69, 9.17) is 21.4 Å². The molecule has 1 aliphatic heterocycles. The zero-order valence-corrected chi connectivity index (χ0v) is 15.5. The molecule has 26 heavy (non-hydrogen) atoms. The third-order valence-electron chi connectivity index (χ3n) is 4.12. The number of morpholine rings is 1. The molecule has 0 spiro atoms. The van der Waals surface area contributed by atoms with E-state index < -0.39 is 11.8 Å². The molecule has 0 bridgehead atoms. The second-order valence-electron chi connectivity index (χ2n) is 6.37. The molecule has 1 heterocycles. The minimum absolute atomic E-state index is 0.0911. The van der Waals surface area contributed by atoms with Crippen molar-refractivity contribution in [1.29, 1.82) is 0 Å². The molecule has 2 amide bonds. The summed E-state index contributed by atoms with van der Waals surface area (Å²) in [5.41, 5.74) is 0.632. The van der Waals surface area contributed by atoms with Crippen molar-refractivity contribution >= 4 is 23.6 Å². The SMILES string of the molecule is C[C@@H](NC(=O)N1CCOC(CN(C)CC(=O)O)C1)c1ccc(F)cc1Cl. The van der Waals surface area contributed by atoms with E-state index in [9.17, 15) is 14.0 Å². The number of urea groups is 1. The number of hydrogen-bond acceptors (Lipinski definition) is 4. The highest BCUT2D eigenvalue weighted by molar-refractivity contribution is 6.31. The highest BCUT2D eigenvalue weighted by atomic mass is 35.5. The third-order valence-corrected chi connectivity index (χ3v) is 4.44.